The largest absolute Gasteiger partial charge is 0.416 e. The quantitative estimate of drug-likeness (QED) is 0.307. The average molecular weight is 630 g/mol. The lowest BCUT2D eigenvalue weighted by Gasteiger charge is -2.46. The maximum absolute atomic E-state index is 14.4. The molecule has 15 heteroatoms. The summed E-state index contributed by atoms with van der Waals surface area (Å²) in [6.07, 6.45) is 0.659. The van der Waals surface area contributed by atoms with Gasteiger partial charge >= 0.3 is 6.18 Å². The Hall–Kier alpha value is -4.21. The number of aromatic nitrogens is 3. The van der Waals surface area contributed by atoms with Crippen LogP contribution in [0.1, 0.15) is 34.6 Å². The molecule has 2 aliphatic heterocycles. The first kappa shape index (κ1) is 29.8. The zero-order valence-electron chi connectivity index (χ0n) is 23.2. The van der Waals surface area contributed by atoms with Crippen molar-refractivity contribution in [3.63, 3.8) is 0 Å². The summed E-state index contributed by atoms with van der Waals surface area (Å²) in [5, 5.41) is 0.0204. The second-order valence-electron chi connectivity index (χ2n) is 10.7. The van der Waals surface area contributed by atoms with E-state index in [0.29, 0.717) is 47.5 Å². The number of carbonyl (C=O) groups excluding carboxylic acids is 1. The van der Waals surface area contributed by atoms with Crippen LogP contribution in [0.25, 0.3) is 0 Å². The van der Waals surface area contributed by atoms with Gasteiger partial charge < -0.3 is 15.0 Å². The van der Waals surface area contributed by atoms with Crippen LogP contribution in [0.4, 0.5) is 23.2 Å². The molecule has 3 aliphatic rings. The van der Waals surface area contributed by atoms with Crippen molar-refractivity contribution >= 4 is 27.1 Å². The van der Waals surface area contributed by atoms with Gasteiger partial charge in [-0.2, -0.15) is 13.2 Å². The minimum atomic E-state index is -4.71. The van der Waals surface area contributed by atoms with Gasteiger partial charge in [-0.25, -0.2) is 27.7 Å². The van der Waals surface area contributed by atoms with Crippen LogP contribution in [0.15, 0.2) is 82.4 Å². The highest BCUT2D eigenvalue weighted by Crippen LogP contribution is 2.48. The molecule has 1 aliphatic carbocycles. The number of fused-ring (bicyclic) bond motifs is 2. The molecule has 44 heavy (non-hydrogen) atoms. The monoisotopic (exact) mass is 629 g/mol. The van der Waals surface area contributed by atoms with Crippen LogP contribution in [0, 0.1) is 16.0 Å². The van der Waals surface area contributed by atoms with Crippen molar-refractivity contribution in [1.82, 2.24) is 18.8 Å². The Morgan fingerprint density at radius 2 is 1.95 bits per heavy atom. The van der Waals surface area contributed by atoms with Gasteiger partial charge in [-0.15, -0.1) is 0 Å². The summed E-state index contributed by atoms with van der Waals surface area (Å²) in [6, 6.07) is 6.92. The number of carbonyl (C=O) groups is 1. The molecule has 0 spiro atoms. The van der Waals surface area contributed by atoms with E-state index >= 15 is 0 Å². The van der Waals surface area contributed by atoms with Crippen LogP contribution >= 0.6 is 0 Å². The zero-order chi connectivity index (χ0) is 31.3. The fourth-order valence-electron chi connectivity index (χ4n) is 5.83. The molecule has 1 fully saturated rings. The lowest BCUT2D eigenvalue weighted by atomic mass is 9.64. The lowest BCUT2D eigenvalue weighted by molar-refractivity contribution is -0.137. The Morgan fingerprint density at radius 3 is 2.68 bits per heavy atom. The number of nitrogens with zero attached hydrogens (tertiary/aromatic N) is 5. The van der Waals surface area contributed by atoms with E-state index in [0.717, 1.165) is 12.3 Å². The standard InChI is InChI=1S/C29H27F4N7O3S/c30-21-1-3-22(4-2-21)38-24-11-19-6-8-39(44(35,42)27-37-15-23-16-43-10-9-40(23)27)17-28(19,13-18(24)14-34)26(41)25-12-20(5-7-36-25)29(31,32)33/h1-5,7,11-12,14-15,35H,6,8-10,13,16-17,34H2/t28-,44?/m0/s1. The third-order valence-corrected chi connectivity index (χ3v) is 9.94. The van der Waals surface area contributed by atoms with Gasteiger partial charge in [0.1, 0.15) is 11.5 Å². The molecule has 1 saturated heterocycles. The molecule has 3 N–H and O–H groups in total. The molecule has 3 aromatic rings. The fraction of sp³-hybridized carbons (Fsp3) is 0.310. The van der Waals surface area contributed by atoms with E-state index < -0.39 is 44.4 Å². The van der Waals surface area contributed by atoms with Crippen LogP contribution < -0.4 is 5.73 Å². The first-order valence-electron chi connectivity index (χ1n) is 13.6. The summed E-state index contributed by atoms with van der Waals surface area (Å²) in [4.78, 5) is 27.2. The molecule has 4 heterocycles. The van der Waals surface area contributed by atoms with E-state index in [9.17, 15) is 26.6 Å². The van der Waals surface area contributed by atoms with E-state index in [4.69, 9.17) is 15.3 Å². The summed E-state index contributed by atoms with van der Waals surface area (Å²) in [7, 11) is -3.75. The Kier molecular flexibility index (Phi) is 7.50. The van der Waals surface area contributed by atoms with E-state index in [2.05, 4.69) is 15.0 Å². The Balaban J connectivity index is 1.46. The van der Waals surface area contributed by atoms with Gasteiger partial charge in [0, 0.05) is 25.8 Å². The molecule has 6 rings (SSSR count). The normalized spacial score (nSPS) is 24.0. The van der Waals surface area contributed by atoms with E-state index in [1.54, 1.807) is 10.6 Å². The second-order valence-corrected chi connectivity index (χ2v) is 12.7. The van der Waals surface area contributed by atoms with Crippen molar-refractivity contribution in [3.8, 4) is 0 Å². The topological polar surface area (TPSA) is 140 Å². The number of allylic oxidation sites excluding steroid dienone is 2. The number of hydrogen-bond acceptors (Lipinski definition) is 8. The maximum atomic E-state index is 14.4. The van der Waals surface area contributed by atoms with Gasteiger partial charge in [0.25, 0.3) is 0 Å². The molecule has 1 aromatic carbocycles. The fourth-order valence-corrected chi connectivity index (χ4v) is 7.52. The molecule has 0 radical (unpaired) electrons. The minimum Gasteiger partial charge on any atom is -0.404 e. The smallest absolute Gasteiger partial charge is 0.404 e. The summed E-state index contributed by atoms with van der Waals surface area (Å²) in [5.41, 5.74) is 5.39. The predicted octanol–water partition coefficient (Wildman–Crippen LogP) is 4.81. The highest BCUT2D eigenvalue weighted by atomic mass is 32.2. The number of benzene rings is 1. The Labute approximate surface area is 250 Å². The van der Waals surface area contributed by atoms with Crippen molar-refractivity contribution < 1.29 is 31.3 Å². The van der Waals surface area contributed by atoms with Crippen LogP contribution in [0.2, 0.25) is 0 Å². The Morgan fingerprint density at radius 1 is 1.18 bits per heavy atom. The maximum Gasteiger partial charge on any atom is 0.416 e. The lowest BCUT2D eigenvalue weighted by Crippen LogP contribution is -2.53. The molecule has 2 atom stereocenters. The number of aliphatic imine (C=N–C) groups is 1. The molecule has 1 unspecified atom stereocenters. The Bertz CT molecular complexity index is 1830. The number of halogens is 4. The average Bonchev–Trinajstić information content (AvgIpc) is 3.46. The summed E-state index contributed by atoms with van der Waals surface area (Å²) in [6.45, 7) is 0.783. The number of piperidine rings is 1. The van der Waals surface area contributed by atoms with Gasteiger partial charge in [-0.3, -0.25) is 9.78 Å². The van der Waals surface area contributed by atoms with Crippen molar-refractivity contribution in [3.05, 3.63) is 95.0 Å². The van der Waals surface area contributed by atoms with Crippen molar-refractivity contribution in [2.75, 3.05) is 19.7 Å². The van der Waals surface area contributed by atoms with E-state index in [1.165, 1.54) is 41.0 Å². The number of ketones is 1. The van der Waals surface area contributed by atoms with Crippen LogP contribution in [0.5, 0.6) is 0 Å². The van der Waals surface area contributed by atoms with Crippen molar-refractivity contribution in [1.29, 1.82) is 4.78 Å². The third-order valence-electron chi connectivity index (χ3n) is 8.08. The molecular formula is C29H27F4N7O3S. The first-order valence-corrected chi connectivity index (χ1v) is 15.1. The number of ether oxygens (including phenoxy) is 1. The molecule has 2 aromatic heterocycles. The summed E-state index contributed by atoms with van der Waals surface area (Å²) in [5.74, 6) is -1.17. The number of pyridine rings is 1. The molecular weight excluding hydrogens is 602 g/mol. The van der Waals surface area contributed by atoms with Crippen LogP contribution in [0.3, 0.4) is 0 Å². The highest BCUT2D eigenvalue weighted by Gasteiger charge is 2.52. The summed E-state index contributed by atoms with van der Waals surface area (Å²) >= 11 is 0. The molecule has 0 bridgehead atoms. The molecule has 0 amide bonds. The van der Waals surface area contributed by atoms with Crippen LogP contribution in [-0.2, 0) is 34.0 Å². The first-order chi connectivity index (χ1) is 20.9. The van der Waals surface area contributed by atoms with E-state index in [-0.39, 0.29) is 37.7 Å². The predicted molar refractivity (Wildman–Crippen MR) is 152 cm³/mol. The van der Waals surface area contributed by atoms with Gasteiger partial charge in [0.15, 0.2) is 15.7 Å². The number of hydrogen-bond donors (Lipinski definition) is 2. The SMILES string of the molecule is N=S(=O)(c1ncc2n1CCOC2)N1CCC2=CC(=Nc3ccc(F)cc3)C(=CN)C[C@]2(C(=O)c2cc(C(F)(F)F)ccn2)C1. The van der Waals surface area contributed by atoms with Gasteiger partial charge in [0.05, 0.1) is 47.5 Å². The van der Waals surface area contributed by atoms with Gasteiger partial charge in [-0.05, 0) is 67.1 Å². The van der Waals surface area contributed by atoms with Crippen molar-refractivity contribution in [2.24, 2.45) is 16.1 Å². The number of rotatable bonds is 5. The van der Waals surface area contributed by atoms with Crippen molar-refractivity contribution in [2.45, 2.75) is 37.3 Å². The number of Topliss-reactive ketones (excluding diaryl/α,β-unsaturated/α-hetero) is 1. The second kappa shape index (κ2) is 11.1. The number of alkyl halides is 3. The van der Waals surface area contributed by atoms with Gasteiger partial charge in [0.2, 0.25) is 5.16 Å². The number of nitrogens with one attached hydrogen (secondary N) is 1. The number of imidazole rings is 1. The number of nitrogens with two attached hydrogens (primary N) is 1. The van der Waals surface area contributed by atoms with E-state index in [1.807, 2.05) is 0 Å². The highest BCUT2D eigenvalue weighted by molar-refractivity contribution is 7.90. The third kappa shape index (κ3) is 5.24. The minimum absolute atomic E-state index is 0.0204. The van der Waals surface area contributed by atoms with Gasteiger partial charge in [-0.1, -0.05) is 5.57 Å². The molecule has 230 valence electrons. The zero-order valence-corrected chi connectivity index (χ0v) is 24.0. The summed E-state index contributed by atoms with van der Waals surface area (Å²) < 4.78 is 86.0. The van der Waals surface area contributed by atoms with Crippen LogP contribution in [-0.4, -0.2) is 54.2 Å². The molecule has 10 nitrogen and oxygen atoms in total. The molecule has 0 saturated carbocycles.